The minimum absolute atomic E-state index is 0. The van der Waals surface area contributed by atoms with Crippen LogP contribution in [0.1, 0.15) is 0 Å². The minimum atomic E-state index is -4.77. The van der Waals surface area contributed by atoms with Crippen molar-refractivity contribution in [1.29, 1.82) is 0 Å². The zero-order valence-electron chi connectivity index (χ0n) is 7.21. The van der Waals surface area contributed by atoms with Crippen molar-refractivity contribution in [3.63, 3.8) is 0 Å². The van der Waals surface area contributed by atoms with E-state index >= 15 is 0 Å². The van der Waals surface area contributed by atoms with Crippen molar-refractivity contribution in [3.8, 4) is 0 Å². The Kier molecular flexibility index (Phi) is 4.69. The maximum atomic E-state index is 10.5. The first-order chi connectivity index (χ1) is 5.93. The first-order valence-electron chi connectivity index (χ1n) is 3.12. The molecule has 70 valence electrons. The molecular formula is C6H4NNaO5S. The summed E-state index contributed by atoms with van der Waals surface area (Å²) in [6.07, 6.45) is 0. The predicted molar refractivity (Wildman–Crippen MR) is 41.1 cm³/mol. The van der Waals surface area contributed by atoms with Gasteiger partial charge < -0.3 is 4.55 Å². The van der Waals surface area contributed by atoms with Crippen LogP contribution in [-0.2, 0) is 10.1 Å². The molecule has 0 aliphatic carbocycles. The molecule has 0 spiro atoms. The summed E-state index contributed by atoms with van der Waals surface area (Å²) in [7, 11) is -4.77. The SMILES string of the molecule is O=[N+]([O-])c1ccccc1S(=O)(=O)[O-].[Na+]. The molecule has 0 aromatic heterocycles. The molecule has 0 saturated heterocycles. The molecule has 14 heavy (non-hydrogen) atoms. The van der Waals surface area contributed by atoms with Crippen LogP contribution >= 0.6 is 0 Å². The molecular weight excluding hydrogens is 221 g/mol. The standard InChI is InChI=1S/C6H5NO5S.Na/c8-7(9)5-3-1-2-4-6(5)13(10,11)12;/h1-4H,(H,10,11,12);/q;+1/p-1. The predicted octanol–water partition coefficient (Wildman–Crippen LogP) is -2.50. The number of hydrogen-bond acceptors (Lipinski definition) is 5. The molecule has 0 radical (unpaired) electrons. The van der Waals surface area contributed by atoms with Crippen LogP contribution in [0, 0.1) is 10.1 Å². The maximum absolute atomic E-state index is 10.5. The normalized spacial score (nSPS) is 10.4. The van der Waals surface area contributed by atoms with Gasteiger partial charge in [-0.1, -0.05) is 12.1 Å². The molecule has 1 aromatic carbocycles. The van der Waals surface area contributed by atoms with Gasteiger partial charge in [-0.25, -0.2) is 8.42 Å². The summed E-state index contributed by atoms with van der Waals surface area (Å²) in [5, 5.41) is 10.3. The van der Waals surface area contributed by atoms with Gasteiger partial charge in [0.25, 0.3) is 5.69 Å². The zero-order valence-corrected chi connectivity index (χ0v) is 10.0. The number of hydrogen-bond donors (Lipinski definition) is 0. The second-order valence-electron chi connectivity index (χ2n) is 2.18. The van der Waals surface area contributed by atoms with Gasteiger partial charge in [0.2, 0.25) is 0 Å². The van der Waals surface area contributed by atoms with E-state index in [1.54, 1.807) is 0 Å². The van der Waals surface area contributed by atoms with Crippen molar-refractivity contribution >= 4 is 15.8 Å². The van der Waals surface area contributed by atoms with Gasteiger partial charge >= 0.3 is 29.6 Å². The van der Waals surface area contributed by atoms with E-state index in [4.69, 9.17) is 0 Å². The molecule has 0 atom stereocenters. The zero-order chi connectivity index (χ0) is 10.1. The molecule has 0 amide bonds. The third kappa shape index (κ3) is 3.03. The van der Waals surface area contributed by atoms with Gasteiger partial charge in [-0.15, -0.1) is 0 Å². The van der Waals surface area contributed by atoms with Crippen LogP contribution in [0.3, 0.4) is 0 Å². The van der Waals surface area contributed by atoms with Crippen molar-refractivity contribution < 1.29 is 47.5 Å². The molecule has 6 nitrogen and oxygen atoms in total. The van der Waals surface area contributed by atoms with E-state index in [1.165, 1.54) is 12.1 Å². The molecule has 0 saturated carbocycles. The Labute approximate surface area is 102 Å². The van der Waals surface area contributed by atoms with Gasteiger partial charge in [0.05, 0.1) is 4.92 Å². The van der Waals surface area contributed by atoms with E-state index in [9.17, 15) is 23.1 Å². The Morgan fingerprint density at radius 1 is 1.21 bits per heavy atom. The summed E-state index contributed by atoms with van der Waals surface area (Å²) < 4.78 is 31.5. The Morgan fingerprint density at radius 2 is 1.71 bits per heavy atom. The number of nitrogens with zero attached hydrogens (tertiary/aromatic N) is 1. The summed E-state index contributed by atoms with van der Waals surface area (Å²) in [4.78, 5) is 8.55. The maximum Gasteiger partial charge on any atom is 1.00 e. The van der Waals surface area contributed by atoms with Gasteiger partial charge in [0.15, 0.2) is 0 Å². The van der Waals surface area contributed by atoms with Crippen LogP contribution in [-0.4, -0.2) is 17.9 Å². The molecule has 0 bridgehead atoms. The van der Waals surface area contributed by atoms with Crippen molar-refractivity contribution in [1.82, 2.24) is 0 Å². The fraction of sp³-hybridized carbons (Fsp3) is 0. The minimum Gasteiger partial charge on any atom is -0.744 e. The van der Waals surface area contributed by atoms with Crippen molar-refractivity contribution in [3.05, 3.63) is 34.4 Å². The molecule has 1 aromatic rings. The van der Waals surface area contributed by atoms with Crippen LogP contribution in [0.4, 0.5) is 5.69 Å². The van der Waals surface area contributed by atoms with E-state index in [0.717, 1.165) is 12.1 Å². The Morgan fingerprint density at radius 3 is 2.07 bits per heavy atom. The van der Waals surface area contributed by atoms with Crippen LogP contribution < -0.4 is 29.6 Å². The van der Waals surface area contributed by atoms with Gasteiger partial charge in [-0.3, -0.25) is 10.1 Å². The van der Waals surface area contributed by atoms with Gasteiger partial charge in [-0.2, -0.15) is 0 Å². The van der Waals surface area contributed by atoms with E-state index in [1.807, 2.05) is 0 Å². The Hall–Kier alpha value is -0.470. The van der Waals surface area contributed by atoms with E-state index in [0.29, 0.717) is 0 Å². The summed E-state index contributed by atoms with van der Waals surface area (Å²) in [5.41, 5.74) is -0.697. The fourth-order valence-corrected chi connectivity index (χ4v) is 1.46. The molecule has 0 unspecified atom stereocenters. The number of nitro groups is 1. The fourth-order valence-electron chi connectivity index (χ4n) is 0.819. The second-order valence-corrected chi connectivity index (χ2v) is 3.53. The molecule has 8 heteroatoms. The molecule has 1 rings (SSSR count). The Bertz CT molecular complexity index is 443. The van der Waals surface area contributed by atoms with Crippen molar-refractivity contribution in [2.45, 2.75) is 4.90 Å². The number of nitro benzene ring substituents is 1. The van der Waals surface area contributed by atoms with Crippen molar-refractivity contribution in [2.75, 3.05) is 0 Å². The quantitative estimate of drug-likeness (QED) is 0.240. The molecule has 0 fully saturated rings. The number of benzene rings is 1. The van der Waals surface area contributed by atoms with Crippen LogP contribution in [0.25, 0.3) is 0 Å². The average Bonchev–Trinajstić information content (AvgIpc) is 2.03. The summed E-state index contributed by atoms with van der Waals surface area (Å²) in [5.74, 6) is 0. The van der Waals surface area contributed by atoms with Gasteiger partial charge in [-0.05, 0) is 6.07 Å². The topological polar surface area (TPSA) is 100 Å². The molecule has 0 aliphatic heterocycles. The largest absolute Gasteiger partial charge is 1.00 e. The van der Waals surface area contributed by atoms with E-state index in [2.05, 4.69) is 0 Å². The van der Waals surface area contributed by atoms with E-state index in [-0.39, 0.29) is 29.6 Å². The first-order valence-corrected chi connectivity index (χ1v) is 4.53. The van der Waals surface area contributed by atoms with Gasteiger partial charge in [0, 0.05) is 6.07 Å². The third-order valence-electron chi connectivity index (χ3n) is 1.33. The van der Waals surface area contributed by atoms with E-state index < -0.39 is 25.6 Å². The van der Waals surface area contributed by atoms with Crippen molar-refractivity contribution in [2.24, 2.45) is 0 Å². The van der Waals surface area contributed by atoms with Crippen LogP contribution in [0.15, 0.2) is 29.2 Å². The smallest absolute Gasteiger partial charge is 0.744 e. The number of para-hydroxylation sites is 1. The van der Waals surface area contributed by atoms with Gasteiger partial charge in [0.1, 0.15) is 15.0 Å². The molecule has 0 aliphatic rings. The molecule has 0 N–H and O–H groups in total. The number of rotatable bonds is 2. The summed E-state index contributed by atoms with van der Waals surface area (Å²) >= 11 is 0. The second kappa shape index (κ2) is 4.85. The van der Waals surface area contributed by atoms with Crippen LogP contribution in [0.5, 0.6) is 0 Å². The molecule has 0 heterocycles. The third-order valence-corrected chi connectivity index (χ3v) is 2.22. The monoisotopic (exact) mass is 225 g/mol. The average molecular weight is 225 g/mol. The Balaban J connectivity index is 0.00000169. The summed E-state index contributed by atoms with van der Waals surface area (Å²) in [6, 6.07) is 4.40. The van der Waals surface area contributed by atoms with Crippen LogP contribution in [0.2, 0.25) is 0 Å². The first kappa shape index (κ1) is 13.5. The summed E-state index contributed by atoms with van der Waals surface area (Å²) in [6.45, 7) is 0.